The minimum absolute atomic E-state index is 0.260. The molecule has 3 aliphatic rings. The van der Waals surface area contributed by atoms with Gasteiger partial charge in [0.2, 0.25) is 0 Å². The van der Waals surface area contributed by atoms with Crippen molar-refractivity contribution >= 4 is 0 Å². The Morgan fingerprint density at radius 3 is 2.45 bits per heavy atom. The lowest BCUT2D eigenvalue weighted by Crippen LogP contribution is -2.38. The number of hydrogen-bond acceptors (Lipinski definition) is 5. The summed E-state index contributed by atoms with van der Waals surface area (Å²) in [5.41, 5.74) is 7.66. The van der Waals surface area contributed by atoms with Crippen LogP contribution < -0.4 is 10.5 Å². The number of nitrogens with zero attached hydrogens (tertiary/aromatic N) is 1. The molecule has 2 N–H and O–H groups in total. The third-order valence-corrected chi connectivity index (χ3v) is 7.00. The van der Waals surface area contributed by atoms with E-state index in [2.05, 4.69) is 9.89 Å². The molecule has 5 rings (SSSR count). The number of halogens is 3. The summed E-state index contributed by atoms with van der Waals surface area (Å²) in [4.78, 5) is 0. The lowest BCUT2D eigenvalue weighted by Gasteiger charge is -2.32. The van der Waals surface area contributed by atoms with E-state index in [4.69, 9.17) is 15.0 Å². The fourth-order valence-electron chi connectivity index (χ4n) is 5.38. The Balaban J connectivity index is 1.33. The molecular formula is C23H27F3N2O3. The first-order valence-corrected chi connectivity index (χ1v) is 11.1. The van der Waals surface area contributed by atoms with Crippen molar-refractivity contribution < 1.29 is 27.2 Å². The molecule has 168 valence electrons. The molecule has 31 heavy (non-hydrogen) atoms. The second-order valence-electron chi connectivity index (χ2n) is 9.22. The number of ether oxygens (including phenoxy) is 2. The van der Waals surface area contributed by atoms with Crippen molar-refractivity contribution in [3.05, 3.63) is 35.6 Å². The quantitative estimate of drug-likeness (QED) is 0.630. The number of rotatable bonds is 7. The van der Waals surface area contributed by atoms with Gasteiger partial charge in [-0.1, -0.05) is 17.3 Å². The van der Waals surface area contributed by atoms with E-state index >= 15 is 0 Å². The summed E-state index contributed by atoms with van der Waals surface area (Å²) in [7, 11) is 0. The molecule has 3 saturated carbocycles. The van der Waals surface area contributed by atoms with Crippen molar-refractivity contribution in [2.75, 3.05) is 6.61 Å². The molecule has 0 saturated heterocycles. The van der Waals surface area contributed by atoms with Gasteiger partial charge >= 0.3 is 6.36 Å². The van der Waals surface area contributed by atoms with Gasteiger partial charge in [-0.2, -0.15) is 0 Å². The van der Waals surface area contributed by atoms with Crippen LogP contribution in [0, 0.1) is 17.8 Å². The minimum Gasteiger partial charge on any atom is -0.405 e. The van der Waals surface area contributed by atoms with E-state index in [1.54, 1.807) is 12.1 Å². The highest BCUT2D eigenvalue weighted by Crippen LogP contribution is 2.46. The van der Waals surface area contributed by atoms with Crippen molar-refractivity contribution in [3.63, 3.8) is 0 Å². The van der Waals surface area contributed by atoms with Crippen LogP contribution in [-0.2, 0) is 11.3 Å². The van der Waals surface area contributed by atoms with E-state index in [0.29, 0.717) is 36.1 Å². The van der Waals surface area contributed by atoms with Gasteiger partial charge in [0, 0.05) is 29.7 Å². The van der Waals surface area contributed by atoms with Gasteiger partial charge in [0.1, 0.15) is 17.2 Å². The Bertz CT molecular complexity index is 911. The number of para-hydroxylation sites is 1. The molecule has 0 radical (unpaired) electrons. The average Bonchev–Trinajstić information content (AvgIpc) is 3.44. The van der Waals surface area contributed by atoms with Crippen molar-refractivity contribution in [2.45, 2.75) is 63.5 Å². The molecule has 1 aromatic carbocycles. The summed E-state index contributed by atoms with van der Waals surface area (Å²) >= 11 is 0. The molecule has 3 aliphatic carbocycles. The Morgan fingerprint density at radius 1 is 1.06 bits per heavy atom. The first-order chi connectivity index (χ1) is 14.9. The molecule has 2 atom stereocenters. The van der Waals surface area contributed by atoms with Crippen molar-refractivity contribution in [3.8, 4) is 17.0 Å². The van der Waals surface area contributed by atoms with Crippen LogP contribution in [0.3, 0.4) is 0 Å². The summed E-state index contributed by atoms with van der Waals surface area (Å²) in [5.74, 6) is 2.36. The van der Waals surface area contributed by atoms with Gasteiger partial charge in [-0.3, -0.25) is 0 Å². The van der Waals surface area contributed by atoms with Gasteiger partial charge in [-0.25, -0.2) is 0 Å². The number of nitrogens with two attached hydrogens (primary N) is 1. The smallest absolute Gasteiger partial charge is 0.405 e. The van der Waals surface area contributed by atoms with Gasteiger partial charge in [0.15, 0.2) is 0 Å². The molecule has 2 unspecified atom stereocenters. The molecule has 2 bridgehead atoms. The molecule has 0 aliphatic heterocycles. The van der Waals surface area contributed by atoms with Gasteiger partial charge in [0.25, 0.3) is 0 Å². The molecular weight excluding hydrogens is 409 g/mol. The monoisotopic (exact) mass is 436 g/mol. The topological polar surface area (TPSA) is 70.5 Å². The van der Waals surface area contributed by atoms with Crippen molar-refractivity contribution in [2.24, 2.45) is 23.5 Å². The van der Waals surface area contributed by atoms with Crippen LogP contribution in [0.5, 0.6) is 5.75 Å². The van der Waals surface area contributed by atoms with Crippen LogP contribution in [0.1, 0.15) is 55.8 Å². The highest BCUT2D eigenvalue weighted by Gasteiger charge is 2.41. The van der Waals surface area contributed by atoms with E-state index in [1.807, 2.05) is 0 Å². The molecule has 0 amide bonds. The minimum atomic E-state index is -4.78. The standard InChI is InChI=1S/C23H27F3N2O3/c24-23(25,26)30-19-4-2-1-3-17(19)21-18(22(31-28-21)14-5-6-14)12-29-11-13-9-15-7-8-16(10-13)20(15)27/h1-4,13-16,20H,5-12,27H2. The van der Waals surface area contributed by atoms with E-state index in [0.717, 1.165) is 37.0 Å². The van der Waals surface area contributed by atoms with E-state index in [1.165, 1.54) is 25.0 Å². The zero-order valence-corrected chi connectivity index (χ0v) is 17.2. The summed E-state index contributed by atoms with van der Waals surface area (Å²) in [6, 6.07) is 6.35. The number of fused-ring (bicyclic) bond motifs is 2. The fraction of sp³-hybridized carbons (Fsp3) is 0.609. The van der Waals surface area contributed by atoms with E-state index < -0.39 is 6.36 Å². The molecule has 0 spiro atoms. The van der Waals surface area contributed by atoms with Crippen molar-refractivity contribution in [1.29, 1.82) is 0 Å². The second-order valence-corrected chi connectivity index (χ2v) is 9.22. The highest BCUT2D eigenvalue weighted by atomic mass is 19.4. The first-order valence-electron chi connectivity index (χ1n) is 11.1. The van der Waals surface area contributed by atoms with E-state index in [9.17, 15) is 13.2 Å². The Kier molecular flexibility index (Phi) is 5.46. The third kappa shape index (κ3) is 4.46. The van der Waals surface area contributed by atoms with Crippen LogP contribution in [0.2, 0.25) is 0 Å². The maximum Gasteiger partial charge on any atom is 0.573 e. The Morgan fingerprint density at radius 2 is 1.77 bits per heavy atom. The summed E-state index contributed by atoms with van der Waals surface area (Å²) < 4.78 is 54.6. The third-order valence-electron chi connectivity index (χ3n) is 7.00. The van der Waals surface area contributed by atoms with Gasteiger partial charge in [0.05, 0.1) is 6.61 Å². The fourth-order valence-corrected chi connectivity index (χ4v) is 5.38. The largest absolute Gasteiger partial charge is 0.573 e. The van der Waals surface area contributed by atoms with E-state index in [-0.39, 0.29) is 23.8 Å². The Labute approximate surface area is 179 Å². The predicted molar refractivity (Wildman–Crippen MR) is 107 cm³/mol. The lowest BCUT2D eigenvalue weighted by atomic mass is 9.78. The second kappa shape index (κ2) is 8.13. The summed E-state index contributed by atoms with van der Waals surface area (Å²) in [6.07, 6.45) is 1.80. The first kappa shape index (κ1) is 20.8. The van der Waals surface area contributed by atoms with Gasteiger partial charge in [-0.05, 0) is 68.4 Å². The number of aromatic nitrogens is 1. The normalized spacial score (nSPS) is 28.1. The Hall–Kier alpha value is -2.06. The molecule has 2 aromatic rings. The number of benzene rings is 1. The van der Waals surface area contributed by atoms with Gasteiger partial charge < -0.3 is 19.7 Å². The predicted octanol–water partition coefficient (Wildman–Crippen LogP) is 5.40. The average molecular weight is 436 g/mol. The highest BCUT2D eigenvalue weighted by molar-refractivity contribution is 5.70. The van der Waals surface area contributed by atoms with Crippen LogP contribution in [0.25, 0.3) is 11.3 Å². The lowest BCUT2D eigenvalue weighted by molar-refractivity contribution is -0.274. The SMILES string of the molecule is NC1C2CCC1CC(COCc1c(-c3ccccc3OC(F)(F)F)noc1C1CC1)C2. The summed E-state index contributed by atoms with van der Waals surface area (Å²) in [5, 5.41) is 4.13. The number of hydrogen-bond donors (Lipinski definition) is 1. The summed E-state index contributed by atoms with van der Waals surface area (Å²) in [6.45, 7) is 0.887. The van der Waals surface area contributed by atoms with Crippen LogP contribution >= 0.6 is 0 Å². The molecule has 3 fully saturated rings. The molecule has 8 heteroatoms. The molecule has 1 aromatic heterocycles. The van der Waals surface area contributed by atoms with Gasteiger partial charge in [-0.15, -0.1) is 13.2 Å². The zero-order chi connectivity index (χ0) is 21.6. The van der Waals surface area contributed by atoms with Crippen LogP contribution in [0.15, 0.2) is 28.8 Å². The van der Waals surface area contributed by atoms with Crippen LogP contribution in [0.4, 0.5) is 13.2 Å². The van der Waals surface area contributed by atoms with Crippen LogP contribution in [-0.4, -0.2) is 24.2 Å². The number of alkyl halides is 3. The maximum atomic E-state index is 12.9. The van der Waals surface area contributed by atoms with Crippen molar-refractivity contribution in [1.82, 2.24) is 5.16 Å². The zero-order valence-electron chi connectivity index (χ0n) is 17.2. The molecule has 5 nitrogen and oxygen atoms in total. The molecule has 1 heterocycles. The maximum absolute atomic E-state index is 12.9.